The molecule has 0 unspecified atom stereocenters. The van der Waals surface area contributed by atoms with Gasteiger partial charge in [-0.25, -0.2) is 0 Å². The van der Waals surface area contributed by atoms with Gasteiger partial charge in [0.15, 0.2) is 0 Å². The molecular weight excluding hydrogens is 376 g/mol. The minimum absolute atomic E-state index is 0.204. The van der Waals surface area contributed by atoms with Crippen molar-refractivity contribution in [2.75, 3.05) is 5.32 Å². The molecular formula is C25H20N2O3. The maximum atomic E-state index is 12.5. The van der Waals surface area contributed by atoms with Gasteiger partial charge in [0.25, 0.3) is 11.8 Å². The molecule has 0 aliphatic rings. The number of carbonyl (C=O) groups excluding carboxylic acids is 2. The molecule has 2 amide bonds. The van der Waals surface area contributed by atoms with Crippen LogP contribution in [0.4, 0.5) is 5.69 Å². The van der Waals surface area contributed by atoms with Crippen LogP contribution in [0, 0.1) is 0 Å². The summed E-state index contributed by atoms with van der Waals surface area (Å²) in [5.41, 5.74) is 3.85. The fourth-order valence-corrected chi connectivity index (χ4v) is 3.04. The summed E-state index contributed by atoms with van der Waals surface area (Å²) in [5, 5.41) is 5.64. The van der Waals surface area contributed by atoms with Gasteiger partial charge in [-0.05, 0) is 59.7 Å². The predicted molar refractivity (Wildman–Crippen MR) is 116 cm³/mol. The van der Waals surface area contributed by atoms with Crippen molar-refractivity contribution in [1.29, 1.82) is 0 Å². The number of hydrogen-bond acceptors (Lipinski definition) is 3. The number of amides is 2. The first-order valence-electron chi connectivity index (χ1n) is 9.56. The van der Waals surface area contributed by atoms with Crippen molar-refractivity contribution in [1.82, 2.24) is 5.32 Å². The van der Waals surface area contributed by atoms with Crippen LogP contribution < -0.4 is 10.6 Å². The van der Waals surface area contributed by atoms with Crippen molar-refractivity contribution in [3.05, 3.63) is 114 Å². The fourth-order valence-electron chi connectivity index (χ4n) is 3.04. The molecule has 0 aliphatic heterocycles. The lowest BCUT2D eigenvalue weighted by Gasteiger charge is -2.08. The first-order chi connectivity index (χ1) is 14.7. The molecule has 0 fully saturated rings. The average Bonchev–Trinajstić information content (AvgIpc) is 3.32. The zero-order chi connectivity index (χ0) is 20.8. The van der Waals surface area contributed by atoms with Gasteiger partial charge < -0.3 is 15.1 Å². The molecule has 0 radical (unpaired) electrons. The lowest BCUT2D eigenvalue weighted by Crippen LogP contribution is -2.22. The number of carbonyl (C=O) groups is 2. The van der Waals surface area contributed by atoms with Crippen LogP contribution in [0.1, 0.15) is 26.5 Å². The highest BCUT2D eigenvalue weighted by atomic mass is 16.3. The monoisotopic (exact) mass is 396 g/mol. The number of nitrogens with one attached hydrogen (secondary N) is 2. The third kappa shape index (κ3) is 4.64. The molecule has 3 aromatic carbocycles. The van der Waals surface area contributed by atoms with Gasteiger partial charge in [0.1, 0.15) is 5.76 Å². The number of hydrogen-bond donors (Lipinski definition) is 2. The van der Waals surface area contributed by atoms with Crippen molar-refractivity contribution >= 4 is 17.5 Å². The SMILES string of the molecule is O=C(NCc1ccco1)c1ccc(NC(=O)c2ccc(-c3ccccc3)cc2)cc1. The Morgan fingerprint density at radius 2 is 1.30 bits per heavy atom. The zero-order valence-electron chi connectivity index (χ0n) is 16.2. The molecule has 1 heterocycles. The summed E-state index contributed by atoms with van der Waals surface area (Å²) >= 11 is 0. The van der Waals surface area contributed by atoms with E-state index in [1.807, 2.05) is 42.5 Å². The smallest absolute Gasteiger partial charge is 0.255 e. The van der Waals surface area contributed by atoms with Crippen LogP contribution in [0.25, 0.3) is 11.1 Å². The maximum absolute atomic E-state index is 12.5. The molecule has 1 aromatic heterocycles. The van der Waals surface area contributed by atoms with Crippen molar-refractivity contribution in [3.63, 3.8) is 0 Å². The molecule has 0 aliphatic carbocycles. The van der Waals surface area contributed by atoms with Crippen LogP contribution in [0.5, 0.6) is 0 Å². The fraction of sp³-hybridized carbons (Fsp3) is 0.0400. The first-order valence-corrected chi connectivity index (χ1v) is 9.56. The second kappa shape index (κ2) is 8.92. The van der Waals surface area contributed by atoms with E-state index in [9.17, 15) is 9.59 Å². The van der Waals surface area contributed by atoms with Gasteiger partial charge in [0.05, 0.1) is 12.8 Å². The topological polar surface area (TPSA) is 71.3 Å². The summed E-state index contributed by atoms with van der Waals surface area (Å²) in [7, 11) is 0. The van der Waals surface area contributed by atoms with Crippen LogP contribution in [-0.2, 0) is 6.54 Å². The van der Waals surface area contributed by atoms with Crippen LogP contribution in [0.3, 0.4) is 0 Å². The van der Waals surface area contributed by atoms with E-state index in [-0.39, 0.29) is 11.8 Å². The standard InChI is InChI=1S/C25H20N2O3/c28-24(26-17-23-7-4-16-30-23)20-12-14-22(15-13-20)27-25(29)21-10-8-19(9-11-21)18-5-2-1-3-6-18/h1-16H,17H2,(H,26,28)(H,27,29). The Morgan fingerprint density at radius 1 is 0.667 bits per heavy atom. The third-order valence-electron chi connectivity index (χ3n) is 4.66. The summed E-state index contributed by atoms with van der Waals surface area (Å²) in [6.45, 7) is 0.323. The minimum atomic E-state index is -0.208. The summed E-state index contributed by atoms with van der Waals surface area (Å²) in [6.07, 6.45) is 1.56. The van der Waals surface area contributed by atoms with E-state index in [2.05, 4.69) is 10.6 Å². The van der Waals surface area contributed by atoms with E-state index in [1.54, 1.807) is 54.8 Å². The van der Waals surface area contributed by atoms with E-state index in [4.69, 9.17) is 4.42 Å². The van der Waals surface area contributed by atoms with Crippen molar-refractivity contribution in [2.24, 2.45) is 0 Å². The predicted octanol–water partition coefficient (Wildman–Crippen LogP) is 5.13. The molecule has 0 atom stereocenters. The van der Waals surface area contributed by atoms with E-state index >= 15 is 0 Å². The molecule has 5 heteroatoms. The summed E-state index contributed by atoms with van der Waals surface area (Å²) in [5.74, 6) is 0.274. The molecule has 0 saturated heterocycles. The molecule has 4 aromatic rings. The van der Waals surface area contributed by atoms with Gasteiger partial charge >= 0.3 is 0 Å². The Kier molecular flexibility index (Phi) is 5.71. The Hall–Kier alpha value is -4.12. The molecule has 30 heavy (non-hydrogen) atoms. The van der Waals surface area contributed by atoms with E-state index in [0.717, 1.165) is 11.1 Å². The second-order valence-corrected chi connectivity index (χ2v) is 6.74. The summed E-state index contributed by atoms with van der Waals surface area (Å²) in [4.78, 5) is 24.7. The highest BCUT2D eigenvalue weighted by Gasteiger charge is 2.09. The summed E-state index contributed by atoms with van der Waals surface area (Å²) < 4.78 is 5.19. The van der Waals surface area contributed by atoms with Gasteiger partial charge in [-0.15, -0.1) is 0 Å². The third-order valence-corrected chi connectivity index (χ3v) is 4.66. The van der Waals surface area contributed by atoms with Gasteiger partial charge in [0.2, 0.25) is 0 Å². The number of benzene rings is 3. The number of rotatable bonds is 6. The van der Waals surface area contributed by atoms with Crippen LogP contribution in [-0.4, -0.2) is 11.8 Å². The Labute approximate surface area is 174 Å². The highest BCUT2D eigenvalue weighted by Crippen LogP contribution is 2.20. The Balaban J connectivity index is 1.35. The Morgan fingerprint density at radius 3 is 1.97 bits per heavy atom. The number of anilines is 1. The van der Waals surface area contributed by atoms with Gasteiger partial charge in [-0.1, -0.05) is 42.5 Å². The molecule has 0 spiro atoms. The van der Waals surface area contributed by atoms with E-state index in [0.29, 0.717) is 29.1 Å². The minimum Gasteiger partial charge on any atom is -0.467 e. The molecule has 5 nitrogen and oxygen atoms in total. The average molecular weight is 396 g/mol. The quantitative estimate of drug-likeness (QED) is 0.475. The van der Waals surface area contributed by atoms with E-state index in [1.165, 1.54) is 0 Å². The zero-order valence-corrected chi connectivity index (χ0v) is 16.2. The molecule has 2 N–H and O–H groups in total. The van der Waals surface area contributed by atoms with Gasteiger partial charge in [0, 0.05) is 16.8 Å². The largest absolute Gasteiger partial charge is 0.467 e. The number of furan rings is 1. The van der Waals surface area contributed by atoms with Crippen molar-refractivity contribution in [2.45, 2.75) is 6.54 Å². The molecule has 148 valence electrons. The van der Waals surface area contributed by atoms with Crippen LogP contribution in [0.2, 0.25) is 0 Å². The molecule has 4 rings (SSSR count). The van der Waals surface area contributed by atoms with E-state index < -0.39 is 0 Å². The maximum Gasteiger partial charge on any atom is 0.255 e. The van der Waals surface area contributed by atoms with Crippen LogP contribution in [0.15, 0.2) is 102 Å². The normalized spacial score (nSPS) is 10.4. The lowest BCUT2D eigenvalue weighted by atomic mass is 10.0. The molecule has 0 bridgehead atoms. The molecule has 0 saturated carbocycles. The van der Waals surface area contributed by atoms with Gasteiger partial charge in [-0.2, -0.15) is 0 Å². The van der Waals surface area contributed by atoms with Crippen LogP contribution >= 0.6 is 0 Å². The first kappa shape index (κ1) is 19.2. The Bertz CT molecular complexity index is 1120. The van der Waals surface area contributed by atoms with Gasteiger partial charge in [-0.3, -0.25) is 9.59 Å². The second-order valence-electron chi connectivity index (χ2n) is 6.74. The summed E-state index contributed by atoms with van der Waals surface area (Å²) in [6, 6.07) is 27.8. The lowest BCUT2D eigenvalue weighted by molar-refractivity contribution is 0.0947. The van der Waals surface area contributed by atoms with Crippen molar-refractivity contribution < 1.29 is 14.0 Å². The highest BCUT2D eigenvalue weighted by molar-refractivity contribution is 6.04. The van der Waals surface area contributed by atoms with Crippen molar-refractivity contribution in [3.8, 4) is 11.1 Å².